The van der Waals surface area contributed by atoms with Crippen LogP contribution in [-0.4, -0.2) is 54.3 Å². The second kappa shape index (κ2) is 7.10. The van der Waals surface area contributed by atoms with Crippen molar-refractivity contribution in [3.8, 4) is 0 Å². The van der Waals surface area contributed by atoms with Crippen LogP contribution in [0.4, 0.5) is 0 Å². The molecule has 2 rings (SSSR count). The standard InChI is InChI=1S/C5H7NO2.C5H5NO2.CH2O/c2*1-6-4(7)2-3-5(6)8;1-2/h2-3H2,1H3;2-3H,1H3;1H2. The Hall–Kier alpha value is -2.31. The largest absolute Gasteiger partial charge is 0.307 e. The molecule has 18 heavy (non-hydrogen) atoms. The molecule has 0 atom stereocenters. The molecule has 2 aliphatic rings. The molecule has 0 unspecified atom stereocenters. The summed E-state index contributed by atoms with van der Waals surface area (Å²) in [4.78, 5) is 52.0. The molecule has 0 N–H and O–H groups in total. The Bertz CT molecular complexity index is 368. The lowest BCUT2D eigenvalue weighted by Crippen LogP contribution is -2.24. The molecule has 0 bridgehead atoms. The number of likely N-dealkylation sites (N-methyl/N-ethyl adjacent to an activating group) is 1. The highest BCUT2D eigenvalue weighted by Gasteiger charge is 2.24. The van der Waals surface area contributed by atoms with Crippen LogP contribution in [0.1, 0.15) is 12.8 Å². The number of hydrogen-bond donors (Lipinski definition) is 0. The number of nitrogens with zero attached hydrogens (tertiary/aromatic N) is 2. The third kappa shape index (κ3) is 3.93. The van der Waals surface area contributed by atoms with E-state index in [1.54, 1.807) is 0 Å². The summed E-state index contributed by atoms with van der Waals surface area (Å²) >= 11 is 0. The summed E-state index contributed by atoms with van der Waals surface area (Å²) in [7, 11) is 2.96. The van der Waals surface area contributed by atoms with E-state index >= 15 is 0 Å². The molecule has 1 fully saturated rings. The van der Waals surface area contributed by atoms with Crippen molar-refractivity contribution in [3.05, 3.63) is 12.2 Å². The highest BCUT2D eigenvalue weighted by molar-refractivity contribution is 6.12. The number of carbonyl (C=O) groups excluding carboxylic acids is 5. The maximum absolute atomic E-state index is 10.5. The number of imide groups is 2. The second-order valence-corrected chi connectivity index (χ2v) is 3.42. The lowest BCUT2D eigenvalue weighted by molar-refractivity contribution is -0.137. The van der Waals surface area contributed by atoms with Crippen molar-refractivity contribution >= 4 is 30.4 Å². The minimum atomic E-state index is -0.241. The molecule has 7 heteroatoms. The van der Waals surface area contributed by atoms with Gasteiger partial charge in [-0.3, -0.25) is 29.0 Å². The average Bonchev–Trinajstić information content (AvgIpc) is 2.83. The molecule has 0 aromatic heterocycles. The van der Waals surface area contributed by atoms with Gasteiger partial charge in [-0.25, -0.2) is 0 Å². The molecule has 98 valence electrons. The van der Waals surface area contributed by atoms with Crippen LogP contribution >= 0.6 is 0 Å². The molecular weight excluding hydrogens is 240 g/mol. The van der Waals surface area contributed by atoms with E-state index in [0.29, 0.717) is 12.8 Å². The summed E-state index contributed by atoms with van der Waals surface area (Å²) in [5.74, 6) is -0.602. The number of rotatable bonds is 0. The van der Waals surface area contributed by atoms with Crippen molar-refractivity contribution in [2.45, 2.75) is 12.8 Å². The Labute approximate surface area is 104 Å². The highest BCUT2D eigenvalue weighted by Crippen LogP contribution is 2.07. The topological polar surface area (TPSA) is 91.8 Å². The zero-order valence-corrected chi connectivity index (χ0v) is 10.2. The van der Waals surface area contributed by atoms with Crippen LogP contribution in [0.2, 0.25) is 0 Å². The number of hydrogen-bond acceptors (Lipinski definition) is 5. The van der Waals surface area contributed by atoms with Crippen molar-refractivity contribution in [1.82, 2.24) is 9.80 Å². The smallest absolute Gasteiger partial charge is 0.253 e. The van der Waals surface area contributed by atoms with Gasteiger partial charge in [0.1, 0.15) is 6.79 Å². The van der Waals surface area contributed by atoms with Crippen LogP contribution in [0.25, 0.3) is 0 Å². The second-order valence-electron chi connectivity index (χ2n) is 3.42. The van der Waals surface area contributed by atoms with Crippen molar-refractivity contribution in [3.63, 3.8) is 0 Å². The molecule has 0 saturated carbocycles. The van der Waals surface area contributed by atoms with E-state index in [-0.39, 0.29) is 23.6 Å². The Balaban J connectivity index is 0.000000283. The van der Waals surface area contributed by atoms with E-state index in [2.05, 4.69) is 0 Å². The van der Waals surface area contributed by atoms with Gasteiger partial charge in [0.25, 0.3) is 11.8 Å². The Kier molecular flexibility index (Phi) is 6.19. The average molecular weight is 254 g/mol. The van der Waals surface area contributed by atoms with Gasteiger partial charge in [0.15, 0.2) is 0 Å². The van der Waals surface area contributed by atoms with Gasteiger partial charge in [-0.05, 0) is 0 Å². The Morgan fingerprint density at radius 2 is 1.17 bits per heavy atom. The molecule has 1 saturated heterocycles. The summed E-state index contributed by atoms with van der Waals surface area (Å²) < 4.78 is 0. The first kappa shape index (κ1) is 15.7. The number of likely N-dealkylation sites (tertiary alicyclic amines) is 1. The van der Waals surface area contributed by atoms with Crippen LogP contribution in [-0.2, 0) is 24.0 Å². The van der Waals surface area contributed by atoms with Crippen LogP contribution in [0.15, 0.2) is 12.2 Å². The first-order valence-corrected chi connectivity index (χ1v) is 5.01. The third-order valence-corrected chi connectivity index (χ3v) is 2.33. The van der Waals surface area contributed by atoms with Crippen LogP contribution in [0, 0.1) is 0 Å². The minimum Gasteiger partial charge on any atom is -0.307 e. The zero-order chi connectivity index (χ0) is 14.3. The fourth-order valence-corrected chi connectivity index (χ4v) is 1.16. The summed E-state index contributed by atoms with van der Waals surface area (Å²) in [6.07, 6.45) is 3.30. The first-order valence-electron chi connectivity index (χ1n) is 5.01. The normalized spacial score (nSPS) is 17.4. The number of amides is 4. The van der Waals surface area contributed by atoms with Crippen LogP contribution in [0.5, 0.6) is 0 Å². The molecule has 7 nitrogen and oxygen atoms in total. The fraction of sp³-hybridized carbons (Fsp3) is 0.364. The number of carbonyl (C=O) groups is 5. The highest BCUT2D eigenvalue weighted by atomic mass is 16.2. The summed E-state index contributed by atoms with van der Waals surface area (Å²) in [6, 6.07) is 0. The summed E-state index contributed by atoms with van der Waals surface area (Å²) in [6.45, 7) is 2.00. The molecule has 2 heterocycles. The van der Waals surface area contributed by atoms with Gasteiger partial charge in [0.2, 0.25) is 11.8 Å². The molecule has 2 aliphatic heterocycles. The Morgan fingerprint density at radius 3 is 1.28 bits per heavy atom. The molecule has 0 radical (unpaired) electrons. The van der Waals surface area contributed by atoms with E-state index in [4.69, 9.17) is 4.79 Å². The molecule has 0 aromatic rings. The van der Waals surface area contributed by atoms with Crippen LogP contribution in [0.3, 0.4) is 0 Å². The predicted octanol–water partition coefficient (Wildman–Crippen LogP) is -0.879. The lowest BCUT2D eigenvalue weighted by Gasteiger charge is -2.01. The molecule has 4 amide bonds. The molecule has 0 spiro atoms. The maximum atomic E-state index is 10.5. The van der Waals surface area contributed by atoms with Crippen molar-refractivity contribution in [1.29, 1.82) is 0 Å². The monoisotopic (exact) mass is 254 g/mol. The lowest BCUT2D eigenvalue weighted by atomic mass is 10.4. The van der Waals surface area contributed by atoms with E-state index in [9.17, 15) is 19.2 Å². The van der Waals surface area contributed by atoms with Crippen molar-refractivity contribution < 1.29 is 24.0 Å². The Morgan fingerprint density at radius 1 is 0.833 bits per heavy atom. The van der Waals surface area contributed by atoms with E-state index < -0.39 is 0 Å². The van der Waals surface area contributed by atoms with Gasteiger partial charge in [0.05, 0.1) is 0 Å². The van der Waals surface area contributed by atoms with Gasteiger partial charge >= 0.3 is 0 Å². The summed E-state index contributed by atoms with van der Waals surface area (Å²) in [5.41, 5.74) is 0. The van der Waals surface area contributed by atoms with Gasteiger partial charge in [0, 0.05) is 39.1 Å². The van der Waals surface area contributed by atoms with Crippen molar-refractivity contribution in [2.24, 2.45) is 0 Å². The first-order chi connectivity index (χ1) is 8.43. The molecule has 0 aliphatic carbocycles. The summed E-state index contributed by atoms with van der Waals surface area (Å²) in [5, 5.41) is 0. The van der Waals surface area contributed by atoms with E-state index in [1.807, 2.05) is 6.79 Å². The minimum absolute atomic E-state index is 0.0602. The van der Waals surface area contributed by atoms with Gasteiger partial charge < -0.3 is 4.79 Å². The van der Waals surface area contributed by atoms with E-state index in [1.165, 1.54) is 31.1 Å². The van der Waals surface area contributed by atoms with Crippen molar-refractivity contribution in [2.75, 3.05) is 14.1 Å². The predicted molar refractivity (Wildman–Crippen MR) is 61.0 cm³/mol. The van der Waals surface area contributed by atoms with Crippen LogP contribution < -0.4 is 0 Å². The SMILES string of the molecule is C=O.CN1C(=O)C=CC1=O.CN1C(=O)CCC1=O. The quantitative estimate of drug-likeness (QED) is 0.523. The van der Waals surface area contributed by atoms with Gasteiger partial charge in [-0.15, -0.1) is 0 Å². The van der Waals surface area contributed by atoms with E-state index in [0.717, 1.165) is 4.90 Å². The maximum Gasteiger partial charge on any atom is 0.253 e. The fourth-order valence-electron chi connectivity index (χ4n) is 1.16. The third-order valence-electron chi connectivity index (χ3n) is 2.33. The van der Waals surface area contributed by atoms with Gasteiger partial charge in [-0.1, -0.05) is 0 Å². The zero-order valence-electron chi connectivity index (χ0n) is 10.2. The van der Waals surface area contributed by atoms with Gasteiger partial charge in [-0.2, -0.15) is 0 Å². The molecule has 0 aromatic carbocycles. The molecular formula is C11H14N2O5.